The molecule has 5 heteroatoms. The Balaban J connectivity index is 3.08. The zero-order valence-corrected chi connectivity index (χ0v) is 14.6. The van der Waals surface area contributed by atoms with Crippen molar-refractivity contribution in [3.63, 3.8) is 0 Å². The molecule has 0 spiro atoms. The average molecular weight is 321 g/mol. The molecule has 0 radical (unpaired) electrons. The molecule has 1 atom stereocenters. The molecule has 0 aliphatic carbocycles. The van der Waals surface area contributed by atoms with Crippen LogP contribution in [-0.2, 0) is 20.5 Å². The number of ether oxygens (including phenoxy) is 1. The summed E-state index contributed by atoms with van der Waals surface area (Å²) in [6.45, 7) is 9.57. The van der Waals surface area contributed by atoms with Gasteiger partial charge in [-0.3, -0.25) is 0 Å². The normalized spacial score (nSPS) is 14.1. The first-order chi connectivity index (χ1) is 10.3. The zero-order chi connectivity index (χ0) is 16.8. The molecule has 0 saturated heterocycles. The van der Waals surface area contributed by atoms with E-state index in [1.807, 2.05) is 52.0 Å². The van der Waals surface area contributed by atoms with Crippen LogP contribution in [0, 0.1) is 0 Å². The Morgan fingerprint density at radius 3 is 2.55 bits per heavy atom. The molecule has 0 saturated carbocycles. The van der Waals surface area contributed by atoms with E-state index >= 15 is 0 Å². The molecule has 4 nitrogen and oxygen atoms in total. The number of hydrogen-bond acceptors (Lipinski definition) is 3. The number of esters is 1. The molecule has 1 rings (SSSR count). The number of benzene rings is 1. The zero-order valence-electron chi connectivity index (χ0n) is 13.8. The maximum atomic E-state index is 12.1. The van der Waals surface area contributed by atoms with Crippen molar-refractivity contribution in [3.8, 4) is 0 Å². The molecule has 120 valence electrons. The summed E-state index contributed by atoms with van der Waals surface area (Å²) in [6, 6.07) is 7.53. The molecule has 0 fully saturated rings. The van der Waals surface area contributed by atoms with Gasteiger partial charge in [-0.05, 0) is 46.3 Å². The summed E-state index contributed by atoms with van der Waals surface area (Å²) in [6.07, 6.45) is 3.07. The fraction of sp³-hybridized carbons (Fsp3) is 0.412. The van der Waals surface area contributed by atoms with Crippen LogP contribution in [0.5, 0.6) is 0 Å². The van der Waals surface area contributed by atoms with Crippen LogP contribution in [0.2, 0.25) is 0 Å². The van der Waals surface area contributed by atoms with Gasteiger partial charge < -0.3 is 4.74 Å². The molecule has 0 N–H and O–H groups in total. The van der Waals surface area contributed by atoms with Crippen LogP contribution in [0.25, 0.3) is 6.08 Å². The quantitative estimate of drug-likeness (QED) is 0.473. The predicted octanol–water partition coefficient (Wildman–Crippen LogP) is 3.53. The van der Waals surface area contributed by atoms with Crippen molar-refractivity contribution in [1.29, 1.82) is 0 Å². The van der Waals surface area contributed by atoms with E-state index in [2.05, 4.69) is 4.40 Å². The highest BCUT2D eigenvalue weighted by Gasteiger charge is 2.19. The molecule has 0 aliphatic heterocycles. The fourth-order valence-electron chi connectivity index (χ4n) is 1.63. The van der Waals surface area contributed by atoms with Gasteiger partial charge in [0.2, 0.25) is 0 Å². The van der Waals surface area contributed by atoms with Gasteiger partial charge in [0.05, 0.1) is 17.1 Å². The smallest absolute Gasteiger partial charge is 0.330 e. The Morgan fingerprint density at radius 1 is 1.32 bits per heavy atom. The van der Waals surface area contributed by atoms with Gasteiger partial charge >= 0.3 is 5.97 Å². The molecule has 0 aromatic heterocycles. The lowest BCUT2D eigenvalue weighted by Gasteiger charge is -2.14. The van der Waals surface area contributed by atoms with Crippen LogP contribution in [0.4, 0.5) is 0 Å². The van der Waals surface area contributed by atoms with E-state index in [0.29, 0.717) is 12.3 Å². The van der Waals surface area contributed by atoms with E-state index in [9.17, 15) is 9.00 Å². The molecule has 22 heavy (non-hydrogen) atoms. The van der Waals surface area contributed by atoms with Gasteiger partial charge in [-0.25, -0.2) is 9.00 Å². The maximum absolute atomic E-state index is 12.1. The highest BCUT2D eigenvalue weighted by Crippen LogP contribution is 2.17. The average Bonchev–Trinajstić information content (AvgIpc) is 2.44. The molecule has 0 amide bonds. The van der Waals surface area contributed by atoms with E-state index in [1.54, 1.807) is 13.0 Å². The van der Waals surface area contributed by atoms with Crippen molar-refractivity contribution in [1.82, 2.24) is 0 Å². The molecular formula is C17H23NO3S. The molecule has 0 bridgehead atoms. The third-order valence-electron chi connectivity index (χ3n) is 2.78. The van der Waals surface area contributed by atoms with E-state index in [4.69, 9.17) is 4.74 Å². The first-order valence-corrected chi connectivity index (χ1v) is 8.28. The van der Waals surface area contributed by atoms with Crippen LogP contribution >= 0.6 is 0 Å². The van der Waals surface area contributed by atoms with Crippen molar-refractivity contribution in [2.75, 3.05) is 6.61 Å². The lowest BCUT2D eigenvalue weighted by molar-refractivity contribution is -0.137. The van der Waals surface area contributed by atoms with Crippen molar-refractivity contribution in [2.45, 2.75) is 39.4 Å². The lowest BCUT2D eigenvalue weighted by Crippen LogP contribution is -2.20. The van der Waals surface area contributed by atoms with Crippen molar-refractivity contribution >= 4 is 28.7 Å². The van der Waals surface area contributed by atoms with Crippen molar-refractivity contribution in [2.24, 2.45) is 4.40 Å². The Kier molecular flexibility index (Phi) is 6.68. The predicted molar refractivity (Wildman–Crippen MR) is 92.2 cm³/mol. The molecule has 1 aromatic rings. The van der Waals surface area contributed by atoms with Gasteiger partial charge in [-0.2, -0.15) is 4.40 Å². The highest BCUT2D eigenvalue weighted by atomic mass is 32.2. The van der Waals surface area contributed by atoms with Crippen LogP contribution in [0.3, 0.4) is 0 Å². The highest BCUT2D eigenvalue weighted by molar-refractivity contribution is 7.85. The minimum absolute atomic E-state index is 0.343. The maximum Gasteiger partial charge on any atom is 0.330 e. The van der Waals surface area contributed by atoms with Crippen molar-refractivity contribution < 1.29 is 13.7 Å². The minimum atomic E-state index is -1.32. The molecular weight excluding hydrogens is 298 g/mol. The monoisotopic (exact) mass is 321 g/mol. The standard InChI is InChI=1S/C17H23NO3S/c1-6-21-16(19)12-11-14-9-7-8-10-15(14)13(2)18-22(20)17(3,4)5/h7-12H,6H2,1-5H3/b12-11+,18-13+. The second-order valence-electron chi connectivity index (χ2n) is 5.71. The Bertz CT molecular complexity index is 613. The number of rotatable bonds is 5. The summed E-state index contributed by atoms with van der Waals surface area (Å²) in [5.74, 6) is -0.384. The first-order valence-electron chi connectivity index (χ1n) is 7.17. The largest absolute Gasteiger partial charge is 0.463 e. The molecule has 0 heterocycles. The Morgan fingerprint density at radius 2 is 1.95 bits per heavy atom. The molecule has 0 aliphatic rings. The minimum Gasteiger partial charge on any atom is -0.463 e. The number of carbonyl (C=O) groups excluding carboxylic acids is 1. The van der Waals surface area contributed by atoms with Crippen LogP contribution in [0.15, 0.2) is 34.7 Å². The first kappa shape index (κ1) is 18.3. The second-order valence-corrected chi connectivity index (χ2v) is 7.62. The number of hydrogen-bond donors (Lipinski definition) is 0. The number of carbonyl (C=O) groups is 1. The summed E-state index contributed by atoms with van der Waals surface area (Å²) in [5.41, 5.74) is 2.36. The Labute approximate surface area is 134 Å². The Hall–Kier alpha value is -1.75. The summed E-state index contributed by atoms with van der Waals surface area (Å²) >= 11 is 0. The van der Waals surface area contributed by atoms with Gasteiger partial charge in [0, 0.05) is 11.6 Å². The SMILES string of the molecule is CCOC(=O)/C=C/c1ccccc1/C(C)=N/S(=O)C(C)(C)C. The van der Waals surface area contributed by atoms with Gasteiger partial charge in [-0.1, -0.05) is 24.3 Å². The van der Waals surface area contributed by atoms with E-state index in [1.165, 1.54) is 6.08 Å². The van der Waals surface area contributed by atoms with Gasteiger partial charge in [0.25, 0.3) is 0 Å². The summed E-state index contributed by atoms with van der Waals surface area (Å²) < 4.78 is 20.9. The second kappa shape index (κ2) is 8.03. The summed E-state index contributed by atoms with van der Waals surface area (Å²) in [5, 5.41) is 0. The summed E-state index contributed by atoms with van der Waals surface area (Å²) in [7, 11) is -1.32. The molecule has 1 aromatic carbocycles. The van der Waals surface area contributed by atoms with E-state index < -0.39 is 15.7 Å². The number of nitrogens with zero attached hydrogens (tertiary/aromatic N) is 1. The lowest BCUT2D eigenvalue weighted by atomic mass is 10.0. The van der Waals surface area contributed by atoms with Crippen molar-refractivity contribution in [3.05, 3.63) is 41.5 Å². The van der Waals surface area contributed by atoms with Crippen LogP contribution in [0.1, 0.15) is 45.7 Å². The summed E-state index contributed by atoms with van der Waals surface area (Å²) in [4.78, 5) is 11.4. The van der Waals surface area contributed by atoms with E-state index in [-0.39, 0.29) is 5.97 Å². The van der Waals surface area contributed by atoms with Gasteiger partial charge in [0.1, 0.15) is 11.0 Å². The van der Waals surface area contributed by atoms with E-state index in [0.717, 1.165) is 11.1 Å². The van der Waals surface area contributed by atoms with Gasteiger partial charge in [0.15, 0.2) is 0 Å². The van der Waals surface area contributed by atoms with Crippen LogP contribution < -0.4 is 0 Å². The van der Waals surface area contributed by atoms with Gasteiger partial charge in [-0.15, -0.1) is 0 Å². The third kappa shape index (κ3) is 5.56. The molecule has 1 unspecified atom stereocenters. The topological polar surface area (TPSA) is 55.7 Å². The third-order valence-corrected chi connectivity index (χ3v) is 4.27. The fourth-order valence-corrected chi connectivity index (χ4v) is 2.25. The van der Waals surface area contributed by atoms with Crippen LogP contribution in [-0.4, -0.2) is 27.2 Å².